The summed E-state index contributed by atoms with van der Waals surface area (Å²) in [5.74, 6) is 0.311. The average molecular weight is 220 g/mol. The van der Waals surface area contributed by atoms with Crippen LogP contribution in [-0.4, -0.2) is 24.0 Å². The van der Waals surface area contributed by atoms with Crippen LogP contribution in [0.4, 0.5) is 0 Å². The fourth-order valence-corrected chi connectivity index (χ4v) is 3.28. The van der Waals surface area contributed by atoms with E-state index in [1.807, 2.05) is 0 Å². The molecule has 1 aliphatic heterocycles. The van der Waals surface area contributed by atoms with Crippen molar-refractivity contribution in [3.05, 3.63) is 0 Å². The number of piperidine rings is 1. The number of hydrogen-bond acceptors (Lipinski definition) is 2. The van der Waals surface area contributed by atoms with Crippen LogP contribution in [0.15, 0.2) is 0 Å². The molecule has 2 fully saturated rings. The van der Waals surface area contributed by atoms with Crippen molar-refractivity contribution in [3.63, 3.8) is 0 Å². The highest BCUT2D eigenvalue weighted by Gasteiger charge is 2.36. The van der Waals surface area contributed by atoms with Crippen LogP contribution in [0.3, 0.4) is 0 Å². The second-order valence-electron chi connectivity index (χ2n) is 5.93. The van der Waals surface area contributed by atoms with Crippen molar-refractivity contribution in [2.75, 3.05) is 13.1 Å². The van der Waals surface area contributed by atoms with Crippen LogP contribution in [-0.2, 0) is 0 Å². The Hall–Kier alpha value is -0.550. The first-order valence-electron chi connectivity index (χ1n) is 6.82. The van der Waals surface area contributed by atoms with E-state index in [9.17, 15) is 0 Å². The van der Waals surface area contributed by atoms with Gasteiger partial charge in [0.25, 0.3) is 0 Å². The van der Waals surface area contributed by atoms with Crippen LogP contribution in [0.25, 0.3) is 0 Å². The summed E-state index contributed by atoms with van der Waals surface area (Å²) in [5.41, 5.74) is 0.567. The maximum absolute atomic E-state index is 9.14. The zero-order valence-corrected chi connectivity index (χ0v) is 10.7. The zero-order chi connectivity index (χ0) is 11.6. The van der Waals surface area contributed by atoms with Crippen molar-refractivity contribution in [2.45, 2.75) is 58.4 Å². The summed E-state index contributed by atoms with van der Waals surface area (Å²) in [5, 5.41) is 9.14. The Labute approximate surface area is 99.6 Å². The molecular weight excluding hydrogens is 196 g/mol. The lowest BCUT2D eigenvalue weighted by molar-refractivity contribution is 0.0736. The minimum atomic E-state index is 0.311. The van der Waals surface area contributed by atoms with Crippen molar-refractivity contribution in [3.8, 4) is 6.07 Å². The highest BCUT2D eigenvalue weighted by atomic mass is 15.2. The number of nitrogens with zero attached hydrogens (tertiary/aromatic N) is 2. The van der Waals surface area contributed by atoms with E-state index in [1.54, 1.807) is 0 Å². The SMILES string of the molecule is CCC1(C)CCN(C2CCCC2C#N)CC1. The van der Waals surface area contributed by atoms with Crippen LogP contribution in [0.1, 0.15) is 52.4 Å². The van der Waals surface area contributed by atoms with Gasteiger partial charge in [-0.05, 0) is 44.2 Å². The summed E-state index contributed by atoms with van der Waals surface area (Å²) < 4.78 is 0. The fraction of sp³-hybridized carbons (Fsp3) is 0.929. The van der Waals surface area contributed by atoms with E-state index in [0.717, 1.165) is 6.42 Å². The molecule has 1 saturated carbocycles. The molecule has 1 aliphatic carbocycles. The molecule has 1 heterocycles. The quantitative estimate of drug-likeness (QED) is 0.714. The van der Waals surface area contributed by atoms with Gasteiger partial charge in [0.05, 0.1) is 12.0 Å². The first-order chi connectivity index (χ1) is 7.68. The van der Waals surface area contributed by atoms with Gasteiger partial charge in [-0.2, -0.15) is 5.26 Å². The van der Waals surface area contributed by atoms with E-state index in [2.05, 4.69) is 24.8 Å². The summed E-state index contributed by atoms with van der Waals surface area (Å²) in [7, 11) is 0. The Balaban J connectivity index is 1.92. The molecule has 0 amide bonds. The van der Waals surface area contributed by atoms with E-state index in [4.69, 9.17) is 5.26 Å². The van der Waals surface area contributed by atoms with Crippen molar-refractivity contribution in [1.82, 2.24) is 4.90 Å². The summed E-state index contributed by atoms with van der Waals surface area (Å²) >= 11 is 0. The molecule has 2 rings (SSSR count). The van der Waals surface area contributed by atoms with Crippen molar-refractivity contribution in [1.29, 1.82) is 5.26 Å². The average Bonchev–Trinajstić information content (AvgIpc) is 2.78. The third-order valence-corrected chi connectivity index (χ3v) is 4.97. The lowest BCUT2D eigenvalue weighted by atomic mass is 9.77. The van der Waals surface area contributed by atoms with Gasteiger partial charge in [0.15, 0.2) is 0 Å². The van der Waals surface area contributed by atoms with Gasteiger partial charge in [0.2, 0.25) is 0 Å². The van der Waals surface area contributed by atoms with Crippen molar-refractivity contribution in [2.24, 2.45) is 11.3 Å². The van der Waals surface area contributed by atoms with Crippen LogP contribution >= 0.6 is 0 Å². The second kappa shape index (κ2) is 4.75. The van der Waals surface area contributed by atoms with Gasteiger partial charge in [-0.25, -0.2) is 0 Å². The summed E-state index contributed by atoms with van der Waals surface area (Å²) in [6, 6.07) is 3.08. The molecule has 0 N–H and O–H groups in total. The molecule has 2 heteroatoms. The monoisotopic (exact) mass is 220 g/mol. The minimum Gasteiger partial charge on any atom is -0.299 e. The molecule has 2 unspecified atom stereocenters. The predicted molar refractivity (Wildman–Crippen MR) is 65.9 cm³/mol. The standard InChI is InChI=1S/C14H24N2/c1-3-14(2)7-9-16(10-8-14)13-6-4-5-12(13)11-15/h12-13H,3-10H2,1-2H3. The van der Waals surface area contributed by atoms with E-state index < -0.39 is 0 Å². The third kappa shape index (κ3) is 2.25. The van der Waals surface area contributed by atoms with Gasteiger partial charge in [0.1, 0.15) is 0 Å². The summed E-state index contributed by atoms with van der Waals surface area (Å²) in [6.45, 7) is 7.16. The Bertz CT molecular complexity index is 271. The maximum Gasteiger partial charge on any atom is 0.0672 e. The smallest absolute Gasteiger partial charge is 0.0672 e. The fourth-order valence-electron chi connectivity index (χ4n) is 3.28. The highest BCUT2D eigenvalue weighted by molar-refractivity contribution is 4.99. The van der Waals surface area contributed by atoms with Gasteiger partial charge in [-0.15, -0.1) is 0 Å². The molecule has 0 spiro atoms. The highest BCUT2D eigenvalue weighted by Crippen LogP contribution is 2.38. The van der Waals surface area contributed by atoms with E-state index in [-0.39, 0.29) is 0 Å². The molecule has 2 nitrogen and oxygen atoms in total. The Kier molecular flexibility index (Phi) is 3.54. The van der Waals surface area contributed by atoms with Gasteiger partial charge >= 0.3 is 0 Å². The number of likely N-dealkylation sites (tertiary alicyclic amines) is 1. The zero-order valence-electron chi connectivity index (χ0n) is 10.7. The summed E-state index contributed by atoms with van der Waals surface area (Å²) in [6.07, 6.45) is 7.57. The molecule has 16 heavy (non-hydrogen) atoms. The van der Waals surface area contributed by atoms with E-state index in [1.165, 1.54) is 45.2 Å². The normalized spacial score (nSPS) is 34.8. The lowest BCUT2D eigenvalue weighted by Gasteiger charge is -2.42. The van der Waals surface area contributed by atoms with E-state index in [0.29, 0.717) is 17.4 Å². The van der Waals surface area contributed by atoms with E-state index >= 15 is 0 Å². The van der Waals surface area contributed by atoms with Crippen LogP contribution in [0.5, 0.6) is 0 Å². The number of nitriles is 1. The lowest BCUT2D eigenvalue weighted by Crippen LogP contribution is -2.45. The molecule has 0 aromatic heterocycles. The minimum absolute atomic E-state index is 0.311. The third-order valence-electron chi connectivity index (χ3n) is 4.97. The molecule has 0 bridgehead atoms. The van der Waals surface area contributed by atoms with Gasteiger partial charge in [-0.1, -0.05) is 26.7 Å². The Morgan fingerprint density at radius 2 is 2.00 bits per heavy atom. The van der Waals surface area contributed by atoms with Crippen LogP contribution in [0.2, 0.25) is 0 Å². The number of rotatable bonds is 2. The second-order valence-corrected chi connectivity index (χ2v) is 5.93. The molecule has 2 atom stereocenters. The van der Waals surface area contributed by atoms with Gasteiger partial charge in [0, 0.05) is 6.04 Å². The molecule has 0 aromatic rings. The first-order valence-corrected chi connectivity index (χ1v) is 6.82. The maximum atomic E-state index is 9.14. The van der Waals surface area contributed by atoms with Crippen LogP contribution < -0.4 is 0 Å². The van der Waals surface area contributed by atoms with Crippen LogP contribution in [0, 0.1) is 22.7 Å². The predicted octanol–water partition coefficient (Wildman–Crippen LogP) is 3.19. The Morgan fingerprint density at radius 1 is 1.31 bits per heavy atom. The largest absolute Gasteiger partial charge is 0.299 e. The molecule has 1 saturated heterocycles. The summed E-state index contributed by atoms with van der Waals surface area (Å²) in [4.78, 5) is 2.60. The molecule has 0 aromatic carbocycles. The van der Waals surface area contributed by atoms with Crippen molar-refractivity contribution < 1.29 is 0 Å². The van der Waals surface area contributed by atoms with Gasteiger partial charge < -0.3 is 0 Å². The first kappa shape index (κ1) is 11.9. The van der Waals surface area contributed by atoms with Gasteiger partial charge in [-0.3, -0.25) is 4.90 Å². The molecule has 2 aliphatic rings. The molecule has 90 valence electrons. The van der Waals surface area contributed by atoms with Crippen molar-refractivity contribution >= 4 is 0 Å². The molecular formula is C14H24N2. The molecule has 0 radical (unpaired) electrons. The number of hydrogen-bond donors (Lipinski definition) is 0. The Morgan fingerprint density at radius 3 is 2.56 bits per heavy atom. The topological polar surface area (TPSA) is 27.0 Å².